The van der Waals surface area contributed by atoms with Gasteiger partial charge in [0, 0.05) is 34.8 Å². The fraction of sp³-hybridized carbons (Fsp3) is 0.344. The van der Waals surface area contributed by atoms with E-state index in [4.69, 9.17) is 4.98 Å². The number of para-hydroxylation sites is 1. The predicted molar refractivity (Wildman–Crippen MR) is 163 cm³/mol. The summed E-state index contributed by atoms with van der Waals surface area (Å²) in [6.45, 7) is 8.40. The van der Waals surface area contributed by atoms with Gasteiger partial charge in [0.15, 0.2) is 10.9 Å². The van der Waals surface area contributed by atoms with Gasteiger partial charge in [-0.05, 0) is 68.4 Å². The third kappa shape index (κ3) is 4.36. The van der Waals surface area contributed by atoms with Gasteiger partial charge in [-0.1, -0.05) is 61.5 Å². The molecule has 0 bridgehead atoms. The standard InChI is InChI=1S/C32H33N3O2S2/c1-19-14-15-24(20(2)16-19)35-30(37)28-22-10-6-9-13-26(22)39-29(28)33-31(35)38-18-21(36)17-27-32(3,4)23-11-7-8-12-25(23)34(27)5/h7-8,11-12,14-17H,6,9-10,13,18H2,1-5H3/b27-17-. The number of thiophene rings is 1. The van der Waals surface area contributed by atoms with E-state index >= 15 is 0 Å². The summed E-state index contributed by atoms with van der Waals surface area (Å²) in [4.78, 5) is 36.7. The van der Waals surface area contributed by atoms with Gasteiger partial charge < -0.3 is 4.90 Å². The number of ketones is 1. The van der Waals surface area contributed by atoms with Gasteiger partial charge in [0.1, 0.15) is 4.83 Å². The zero-order valence-electron chi connectivity index (χ0n) is 23.1. The van der Waals surface area contributed by atoms with Crippen LogP contribution in [0.3, 0.4) is 0 Å². The number of rotatable bonds is 5. The maximum absolute atomic E-state index is 14.1. The van der Waals surface area contributed by atoms with Crippen LogP contribution in [0.15, 0.2) is 64.2 Å². The highest BCUT2D eigenvalue weighted by atomic mass is 32.2. The molecular weight excluding hydrogens is 523 g/mol. The van der Waals surface area contributed by atoms with Gasteiger partial charge in [0.05, 0.1) is 16.8 Å². The number of hydrogen-bond donors (Lipinski definition) is 0. The van der Waals surface area contributed by atoms with E-state index in [9.17, 15) is 9.59 Å². The fourth-order valence-electron chi connectivity index (χ4n) is 6.14. The van der Waals surface area contributed by atoms with Crippen molar-refractivity contribution >= 4 is 44.8 Å². The number of aromatic nitrogens is 2. The van der Waals surface area contributed by atoms with E-state index in [1.54, 1.807) is 22.0 Å². The number of nitrogens with zero attached hydrogens (tertiary/aromatic N) is 3. The number of allylic oxidation sites excluding steroid dienone is 2. The Balaban J connectivity index is 1.39. The molecule has 0 fully saturated rings. The van der Waals surface area contributed by atoms with E-state index in [0.717, 1.165) is 64.1 Å². The van der Waals surface area contributed by atoms with Gasteiger partial charge >= 0.3 is 0 Å². The van der Waals surface area contributed by atoms with Gasteiger partial charge in [-0.25, -0.2) is 4.98 Å². The van der Waals surface area contributed by atoms with Gasteiger partial charge in [-0.15, -0.1) is 11.3 Å². The number of hydrogen-bond acceptors (Lipinski definition) is 6. The van der Waals surface area contributed by atoms with Crippen LogP contribution < -0.4 is 10.5 Å². The van der Waals surface area contributed by atoms with Gasteiger partial charge in [0.2, 0.25) is 0 Å². The van der Waals surface area contributed by atoms with Crippen molar-refractivity contribution in [1.82, 2.24) is 9.55 Å². The quantitative estimate of drug-likeness (QED) is 0.152. The van der Waals surface area contributed by atoms with E-state index < -0.39 is 0 Å². The lowest BCUT2D eigenvalue weighted by Crippen LogP contribution is -2.25. The van der Waals surface area contributed by atoms with E-state index in [1.165, 1.54) is 27.8 Å². The average molecular weight is 556 g/mol. The van der Waals surface area contributed by atoms with Crippen LogP contribution in [0.2, 0.25) is 0 Å². The van der Waals surface area contributed by atoms with Crippen molar-refractivity contribution < 1.29 is 4.79 Å². The van der Waals surface area contributed by atoms with E-state index in [2.05, 4.69) is 43.9 Å². The smallest absolute Gasteiger partial charge is 0.267 e. The minimum Gasteiger partial charge on any atom is -0.347 e. The monoisotopic (exact) mass is 555 g/mol. The zero-order valence-corrected chi connectivity index (χ0v) is 24.8. The molecule has 5 nitrogen and oxygen atoms in total. The Morgan fingerprint density at radius 2 is 1.87 bits per heavy atom. The van der Waals surface area contributed by atoms with E-state index in [-0.39, 0.29) is 22.5 Å². The summed E-state index contributed by atoms with van der Waals surface area (Å²) >= 11 is 3.00. The fourth-order valence-corrected chi connectivity index (χ4v) is 8.27. The van der Waals surface area contributed by atoms with E-state index in [0.29, 0.717) is 5.16 Å². The molecule has 0 saturated carbocycles. The van der Waals surface area contributed by atoms with Gasteiger partial charge in [-0.2, -0.15) is 0 Å². The van der Waals surface area contributed by atoms with Gasteiger partial charge in [-0.3, -0.25) is 14.2 Å². The Morgan fingerprint density at radius 1 is 1.10 bits per heavy atom. The number of benzene rings is 2. The number of thioether (sulfide) groups is 1. The summed E-state index contributed by atoms with van der Waals surface area (Å²) in [5.74, 6) is 0.215. The molecule has 0 radical (unpaired) electrons. The van der Waals surface area contributed by atoms with E-state index in [1.807, 2.05) is 38.2 Å². The highest BCUT2D eigenvalue weighted by molar-refractivity contribution is 7.99. The summed E-state index contributed by atoms with van der Waals surface area (Å²) in [5, 5.41) is 1.34. The second-order valence-electron chi connectivity index (χ2n) is 11.2. The maximum atomic E-state index is 14.1. The first-order chi connectivity index (χ1) is 18.7. The normalized spacial score (nSPS) is 17.1. The van der Waals surface area contributed by atoms with Crippen molar-refractivity contribution in [3.05, 3.63) is 91.7 Å². The van der Waals surface area contributed by atoms with Crippen LogP contribution in [-0.2, 0) is 23.1 Å². The Kier molecular flexibility index (Phi) is 6.55. The highest BCUT2D eigenvalue weighted by Gasteiger charge is 2.38. The molecule has 1 aliphatic heterocycles. The second kappa shape index (κ2) is 9.79. The third-order valence-corrected chi connectivity index (χ3v) is 10.3. The number of carbonyl (C=O) groups excluding carboxylic acids is 1. The summed E-state index contributed by atoms with van der Waals surface area (Å²) in [6, 6.07) is 14.4. The first kappa shape index (κ1) is 26.1. The zero-order chi connectivity index (χ0) is 27.5. The molecule has 7 heteroatoms. The summed E-state index contributed by atoms with van der Waals surface area (Å²) < 4.78 is 1.74. The highest BCUT2D eigenvalue weighted by Crippen LogP contribution is 2.46. The Bertz CT molecular complexity index is 1730. The molecule has 2 aliphatic rings. The molecule has 0 N–H and O–H groups in total. The molecule has 4 aromatic rings. The predicted octanol–water partition coefficient (Wildman–Crippen LogP) is 6.92. The second-order valence-corrected chi connectivity index (χ2v) is 13.2. The molecule has 2 aromatic heterocycles. The van der Waals surface area contributed by atoms with Crippen molar-refractivity contribution in [2.45, 2.75) is 63.9 Å². The molecule has 0 atom stereocenters. The molecule has 0 saturated heterocycles. The number of fused-ring (bicyclic) bond motifs is 4. The topological polar surface area (TPSA) is 55.2 Å². The lowest BCUT2D eigenvalue weighted by Gasteiger charge is -2.24. The van der Waals surface area contributed by atoms with Crippen LogP contribution in [0.4, 0.5) is 5.69 Å². The molecule has 39 heavy (non-hydrogen) atoms. The third-order valence-electron chi connectivity index (χ3n) is 8.13. The SMILES string of the molecule is Cc1ccc(-n2c(SCC(=O)/C=C3\N(C)c4ccccc4C3(C)C)nc3sc4c(c3c2=O)CCCC4)c(C)c1. The molecule has 0 amide bonds. The Labute approximate surface area is 237 Å². The molecule has 200 valence electrons. The van der Waals surface area contributed by atoms with Crippen molar-refractivity contribution in [2.75, 3.05) is 17.7 Å². The van der Waals surface area contributed by atoms with Crippen molar-refractivity contribution in [3.63, 3.8) is 0 Å². The Hall–Kier alpha value is -3.16. The van der Waals surface area contributed by atoms with Gasteiger partial charge in [0.25, 0.3) is 5.56 Å². The molecule has 1 aliphatic carbocycles. The molecule has 0 unspecified atom stereocenters. The number of aryl methyl sites for hydroxylation is 4. The van der Waals surface area contributed by atoms with Crippen LogP contribution >= 0.6 is 23.1 Å². The molecule has 3 heterocycles. The first-order valence-electron chi connectivity index (χ1n) is 13.5. The van der Waals surface area contributed by atoms with Crippen LogP contribution in [0, 0.1) is 13.8 Å². The average Bonchev–Trinajstić information content (AvgIpc) is 3.37. The number of carbonyl (C=O) groups is 1. The lowest BCUT2D eigenvalue weighted by atomic mass is 9.83. The minimum atomic E-state index is -0.264. The summed E-state index contributed by atoms with van der Waals surface area (Å²) in [6.07, 6.45) is 5.98. The minimum absolute atomic E-state index is 0.00901. The number of likely N-dealkylation sites (N-methyl/N-ethyl adjacent to an activating group) is 1. The van der Waals surface area contributed by atoms with Crippen LogP contribution in [0.1, 0.15) is 53.8 Å². The Morgan fingerprint density at radius 3 is 2.64 bits per heavy atom. The summed E-state index contributed by atoms with van der Waals surface area (Å²) in [7, 11) is 2.02. The van der Waals surface area contributed by atoms with Crippen molar-refractivity contribution in [2.24, 2.45) is 0 Å². The molecular formula is C32H33N3O2S2. The summed E-state index contributed by atoms with van der Waals surface area (Å²) in [5.41, 5.74) is 7.22. The van der Waals surface area contributed by atoms with Crippen LogP contribution in [-0.4, -0.2) is 28.1 Å². The van der Waals surface area contributed by atoms with Crippen molar-refractivity contribution in [1.29, 1.82) is 0 Å². The number of anilines is 1. The molecule has 2 aromatic carbocycles. The van der Waals surface area contributed by atoms with Crippen molar-refractivity contribution in [3.8, 4) is 5.69 Å². The molecule has 0 spiro atoms. The molecule has 6 rings (SSSR count). The maximum Gasteiger partial charge on any atom is 0.267 e. The lowest BCUT2D eigenvalue weighted by molar-refractivity contribution is -0.112. The van der Waals surface area contributed by atoms with Crippen LogP contribution in [0.25, 0.3) is 15.9 Å². The first-order valence-corrected chi connectivity index (χ1v) is 15.3. The van der Waals surface area contributed by atoms with Crippen LogP contribution in [0.5, 0.6) is 0 Å². The largest absolute Gasteiger partial charge is 0.347 e.